The molecule has 0 fully saturated rings. The number of urea groups is 1. The molecule has 2 rings (SSSR count). The van der Waals surface area contributed by atoms with Gasteiger partial charge in [0.05, 0.1) is 12.6 Å². The van der Waals surface area contributed by atoms with Crippen molar-refractivity contribution in [3.05, 3.63) is 53.1 Å². The molecule has 2 aromatic rings. The van der Waals surface area contributed by atoms with Crippen LogP contribution in [0.3, 0.4) is 0 Å². The van der Waals surface area contributed by atoms with Crippen molar-refractivity contribution in [1.29, 1.82) is 0 Å². The normalized spacial score (nSPS) is 13.4. The monoisotopic (exact) mass is 336 g/mol. The summed E-state index contributed by atoms with van der Waals surface area (Å²) in [6.45, 7) is 2.32. The summed E-state index contributed by atoms with van der Waals surface area (Å²) in [5, 5.41) is 6.43. The molecule has 7 heteroatoms. The van der Waals surface area contributed by atoms with E-state index in [9.17, 15) is 4.79 Å². The van der Waals surface area contributed by atoms with Crippen LogP contribution in [0.25, 0.3) is 0 Å². The quantitative estimate of drug-likeness (QED) is 0.851. The molecule has 0 radical (unpaired) electrons. The van der Waals surface area contributed by atoms with Gasteiger partial charge in [-0.25, -0.2) is 9.78 Å². The van der Waals surface area contributed by atoms with Gasteiger partial charge in [-0.3, -0.25) is 0 Å². The van der Waals surface area contributed by atoms with E-state index in [2.05, 4.69) is 15.6 Å². The zero-order chi connectivity index (χ0) is 16.8. The highest BCUT2D eigenvalue weighted by atomic mass is 35.5. The Morgan fingerprint density at radius 2 is 2.04 bits per heavy atom. The van der Waals surface area contributed by atoms with E-state index in [0.29, 0.717) is 11.6 Å². The molecule has 1 aromatic heterocycles. The number of halogens is 1. The number of ether oxygens (including phenoxy) is 1. The first-order valence-corrected chi connectivity index (χ1v) is 7.67. The Morgan fingerprint density at radius 3 is 2.61 bits per heavy atom. The van der Waals surface area contributed by atoms with E-state index in [1.165, 1.54) is 0 Å². The number of imidazole rings is 1. The van der Waals surface area contributed by atoms with E-state index in [1.807, 2.05) is 36.9 Å². The van der Waals surface area contributed by atoms with Gasteiger partial charge in [0, 0.05) is 31.6 Å². The highest BCUT2D eigenvalue weighted by Gasteiger charge is 2.21. The number of amides is 2. The number of carbonyl (C=O) groups is 1. The Labute approximate surface area is 140 Å². The molecule has 0 aliphatic heterocycles. The number of rotatable bonds is 6. The van der Waals surface area contributed by atoms with Gasteiger partial charge in [0.1, 0.15) is 11.9 Å². The fourth-order valence-electron chi connectivity index (χ4n) is 2.30. The van der Waals surface area contributed by atoms with Gasteiger partial charge in [0.15, 0.2) is 0 Å². The van der Waals surface area contributed by atoms with Crippen molar-refractivity contribution in [2.45, 2.75) is 19.0 Å². The molecule has 0 bridgehead atoms. The Morgan fingerprint density at radius 1 is 1.35 bits per heavy atom. The molecule has 2 amide bonds. The third-order valence-electron chi connectivity index (χ3n) is 3.39. The van der Waals surface area contributed by atoms with Crippen LogP contribution in [0.4, 0.5) is 4.79 Å². The minimum atomic E-state index is -0.373. The summed E-state index contributed by atoms with van der Waals surface area (Å²) < 4.78 is 6.90. The van der Waals surface area contributed by atoms with Crippen LogP contribution in [0.1, 0.15) is 24.4 Å². The van der Waals surface area contributed by atoms with Crippen LogP contribution in [0, 0.1) is 0 Å². The van der Waals surface area contributed by atoms with Gasteiger partial charge >= 0.3 is 6.03 Å². The van der Waals surface area contributed by atoms with Crippen LogP contribution >= 0.6 is 11.6 Å². The lowest BCUT2D eigenvalue weighted by molar-refractivity contribution is 0.170. The fourth-order valence-corrected chi connectivity index (χ4v) is 2.42. The largest absolute Gasteiger partial charge is 0.383 e. The van der Waals surface area contributed by atoms with Crippen LogP contribution in [-0.4, -0.2) is 35.3 Å². The van der Waals surface area contributed by atoms with E-state index in [4.69, 9.17) is 16.3 Å². The summed E-state index contributed by atoms with van der Waals surface area (Å²) in [7, 11) is 3.48. The first kappa shape index (κ1) is 17.3. The molecular formula is C16H21ClN4O2. The highest BCUT2D eigenvalue weighted by molar-refractivity contribution is 6.30. The van der Waals surface area contributed by atoms with Crippen molar-refractivity contribution in [2.75, 3.05) is 13.7 Å². The predicted octanol–water partition coefficient (Wildman–Crippen LogP) is 2.50. The van der Waals surface area contributed by atoms with Crippen LogP contribution in [0.5, 0.6) is 0 Å². The Balaban J connectivity index is 2.19. The number of aromatic nitrogens is 2. The summed E-state index contributed by atoms with van der Waals surface area (Å²) in [6, 6.07) is 6.59. The van der Waals surface area contributed by atoms with Crippen molar-refractivity contribution in [1.82, 2.24) is 20.2 Å². The van der Waals surface area contributed by atoms with Gasteiger partial charge < -0.3 is 19.9 Å². The average Bonchev–Trinajstić information content (AvgIpc) is 2.92. The first-order chi connectivity index (χ1) is 11.0. The minimum Gasteiger partial charge on any atom is -0.383 e. The Bertz CT molecular complexity index is 642. The van der Waals surface area contributed by atoms with E-state index in [-0.39, 0.29) is 18.1 Å². The van der Waals surface area contributed by atoms with Crippen LogP contribution in [0.2, 0.25) is 5.02 Å². The summed E-state index contributed by atoms with van der Waals surface area (Å²) in [5.74, 6) is 0.738. The van der Waals surface area contributed by atoms with E-state index >= 15 is 0 Å². The molecule has 6 nitrogen and oxygen atoms in total. The van der Waals surface area contributed by atoms with Crippen molar-refractivity contribution in [3.8, 4) is 0 Å². The van der Waals surface area contributed by atoms with E-state index in [1.54, 1.807) is 25.4 Å². The summed E-state index contributed by atoms with van der Waals surface area (Å²) in [5.41, 5.74) is 0.901. The van der Waals surface area contributed by atoms with Gasteiger partial charge in [0.2, 0.25) is 0 Å². The van der Waals surface area contributed by atoms with Crippen molar-refractivity contribution in [3.63, 3.8) is 0 Å². The standard InChI is InChI=1S/C16H21ClN4O2/c1-11(10-23-3)19-16(22)20-14(15-18-8-9-21(15)2)12-4-6-13(17)7-5-12/h4-9,11,14H,10H2,1-3H3,(H2,19,20,22). The number of nitrogens with zero attached hydrogens (tertiary/aromatic N) is 2. The molecule has 1 heterocycles. The van der Waals surface area contributed by atoms with Gasteiger partial charge in [0.25, 0.3) is 0 Å². The highest BCUT2D eigenvalue weighted by Crippen LogP contribution is 2.22. The summed E-state index contributed by atoms with van der Waals surface area (Å²) >= 11 is 5.95. The molecule has 124 valence electrons. The van der Waals surface area contributed by atoms with Gasteiger partial charge in [-0.05, 0) is 24.6 Å². The second kappa shape index (κ2) is 7.99. The molecular weight excluding hydrogens is 316 g/mol. The lowest BCUT2D eigenvalue weighted by Gasteiger charge is -2.21. The topological polar surface area (TPSA) is 68.2 Å². The number of hydrogen-bond acceptors (Lipinski definition) is 3. The Kier molecular flexibility index (Phi) is 6.01. The van der Waals surface area contributed by atoms with E-state index in [0.717, 1.165) is 11.4 Å². The molecule has 0 saturated heterocycles. The van der Waals surface area contributed by atoms with Gasteiger partial charge in [-0.15, -0.1) is 0 Å². The molecule has 0 aliphatic carbocycles. The number of carbonyl (C=O) groups excluding carboxylic acids is 1. The molecule has 2 unspecified atom stereocenters. The third-order valence-corrected chi connectivity index (χ3v) is 3.64. The number of nitrogens with one attached hydrogen (secondary N) is 2. The van der Waals surface area contributed by atoms with Crippen molar-refractivity contribution in [2.24, 2.45) is 7.05 Å². The minimum absolute atomic E-state index is 0.0905. The summed E-state index contributed by atoms with van der Waals surface area (Å²) in [4.78, 5) is 16.6. The zero-order valence-corrected chi connectivity index (χ0v) is 14.2. The fraction of sp³-hybridized carbons (Fsp3) is 0.375. The SMILES string of the molecule is COCC(C)NC(=O)NC(c1ccc(Cl)cc1)c1nccn1C. The van der Waals surface area contributed by atoms with Gasteiger partial charge in [-0.1, -0.05) is 23.7 Å². The molecule has 0 saturated carbocycles. The number of hydrogen-bond donors (Lipinski definition) is 2. The third kappa shape index (κ3) is 4.71. The number of methoxy groups -OCH3 is 1. The average molecular weight is 337 g/mol. The van der Waals surface area contributed by atoms with Gasteiger partial charge in [-0.2, -0.15) is 0 Å². The van der Waals surface area contributed by atoms with Crippen LogP contribution in [-0.2, 0) is 11.8 Å². The maximum atomic E-state index is 12.2. The first-order valence-electron chi connectivity index (χ1n) is 7.30. The lowest BCUT2D eigenvalue weighted by atomic mass is 10.1. The predicted molar refractivity (Wildman–Crippen MR) is 89.5 cm³/mol. The van der Waals surface area contributed by atoms with Crippen molar-refractivity contribution >= 4 is 17.6 Å². The zero-order valence-electron chi connectivity index (χ0n) is 13.4. The second-order valence-electron chi connectivity index (χ2n) is 5.36. The molecule has 2 atom stereocenters. The van der Waals surface area contributed by atoms with Crippen LogP contribution < -0.4 is 10.6 Å². The smallest absolute Gasteiger partial charge is 0.315 e. The molecule has 0 spiro atoms. The maximum absolute atomic E-state index is 12.2. The molecule has 23 heavy (non-hydrogen) atoms. The summed E-state index contributed by atoms with van der Waals surface area (Å²) in [6.07, 6.45) is 3.54. The molecule has 1 aromatic carbocycles. The molecule has 2 N–H and O–H groups in total. The molecule has 0 aliphatic rings. The number of aryl methyl sites for hydroxylation is 1. The Hall–Kier alpha value is -2.05. The van der Waals surface area contributed by atoms with E-state index < -0.39 is 0 Å². The number of benzene rings is 1. The lowest BCUT2D eigenvalue weighted by Crippen LogP contribution is -2.44. The van der Waals surface area contributed by atoms with Crippen molar-refractivity contribution < 1.29 is 9.53 Å². The van der Waals surface area contributed by atoms with Crippen LogP contribution in [0.15, 0.2) is 36.7 Å². The maximum Gasteiger partial charge on any atom is 0.315 e. The second-order valence-corrected chi connectivity index (χ2v) is 5.79.